The van der Waals surface area contributed by atoms with Crippen molar-refractivity contribution in [3.8, 4) is 11.3 Å². The van der Waals surface area contributed by atoms with E-state index in [9.17, 15) is 14.0 Å². The summed E-state index contributed by atoms with van der Waals surface area (Å²) in [5, 5.41) is 9.39. The van der Waals surface area contributed by atoms with E-state index in [-0.39, 0.29) is 29.6 Å². The molecule has 2 N–H and O–H groups in total. The molecule has 0 spiro atoms. The molecule has 31 heavy (non-hydrogen) atoms. The molecule has 7 nitrogen and oxygen atoms in total. The summed E-state index contributed by atoms with van der Waals surface area (Å²) in [5.74, 6) is -0.187. The van der Waals surface area contributed by atoms with Crippen molar-refractivity contribution in [3.63, 3.8) is 0 Å². The molecule has 1 heterocycles. The second-order valence-electron chi connectivity index (χ2n) is 7.44. The van der Waals surface area contributed by atoms with Gasteiger partial charge in [0.15, 0.2) is 11.5 Å². The van der Waals surface area contributed by atoms with Crippen LogP contribution in [0.1, 0.15) is 36.2 Å². The van der Waals surface area contributed by atoms with E-state index in [1.165, 1.54) is 24.3 Å². The molecular weight excluding hydrogens is 401 g/mol. The maximum atomic E-state index is 13.0. The predicted octanol–water partition coefficient (Wildman–Crippen LogP) is 4.77. The van der Waals surface area contributed by atoms with Gasteiger partial charge in [-0.15, -0.1) is 0 Å². The highest BCUT2D eigenvalue weighted by atomic mass is 19.1. The minimum absolute atomic E-state index is 0.137. The average Bonchev–Trinajstić information content (AvgIpc) is 3.27. The van der Waals surface area contributed by atoms with Crippen molar-refractivity contribution in [1.82, 2.24) is 10.5 Å². The number of ether oxygens (including phenoxy) is 1. The predicted molar refractivity (Wildman–Crippen MR) is 112 cm³/mol. The number of amides is 2. The molecule has 8 heteroatoms. The molecular formula is C23H22FN3O4. The number of aromatic nitrogens is 1. The van der Waals surface area contributed by atoms with Gasteiger partial charge < -0.3 is 14.6 Å². The standard InChI is InChI=1S/C23H22FN3O4/c24-16-9-11-17(12-10-16)26-23(29)30-19-8-4-7-18(13-19)25-22(28)20-14-21(31-27-20)15-5-2-1-3-6-15/h1-3,5-6,9-12,14,18-19H,4,7-8,13H2,(H,25,28)(H,26,29)/t18-,19-/m0/s1. The van der Waals surface area contributed by atoms with Crippen molar-refractivity contribution < 1.29 is 23.2 Å². The molecule has 4 rings (SSSR count). The van der Waals surface area contributed by atoms with Gasteiger partial charge in [0.25, 0.3) is 5.91 Å². The first kappa shape index (κ1) is 20.6. The number of carbonyl (C=O) groups is 2. The topological polar surface area (TPSA) is 93.5 Å². The van der Waals surface area contributed by atoms with Gasteiger partial charge in [0.05, 0.1) is 0 Å². The lowest BCUT2D eigenvalue weighted by Gasteiger charge is -2.29. The van der Waals surface area contributed by atoms with Crippen LogP contribution in [0.25, 0.3) is 11.3 Å². The minimum atomic E-state index is -0.604. The molecule has 0 saturated heterocycles. The van der Waals surface area contributed by atoms with E-state index < -0.39 is 6.09 Å². The maximum absolute atomic E-state index is 13.0. The number of halogens is 1. The number of carbonyl (C=O) groups excluding carboxylic acids is 2. The molecule has 1 aliphatic carbocycles. The molecule has 1 saturated carbocycles. The quantitative estimate of drug-likeness (QED) is 0.617. The van der Waals surface area contributed by atoms with E-state index in [4.69, 9.17) is 9.26 Å². The fourth-order valence-electron chi connectivity index (χ4n) is 3.60. The van der Waals surface area contributed by atoms with Crippen LogP contribution in [0.4, 0.5) is 14.9 Å². The van der Waals surface area contributed by atoms with Gasteiger partial charge in [0.2, 0.25) is 0 Å². The zero-order valence-electron chi connectivity index (χ0n) is 16.7. The van der Waals surface area contributed by atoms with Gasteiger partial charge >= 0.3 is 6.09 Å². The molecule has 0 aliphatic heterocycles. The second kappa shape index (κ2) is 9.42. The minimum Gasteiger partial charge on any atom is -0.446 e. The number of nitrogens with zero attached hydrogens (tertiary/aromatic N) is 1. The zero-order valence-corrected chi connectivity index (χ0v) is 16.7. The number of hydrogen-bond donors (Lipinski definition) is 2. The number of benzene rings is 2. The normalized spacial score (nSPS) is 18.2. The van der Waals surface area contributed by atoms with Crippen LogP contribution in [0.2, 0.25) is 0 Å². The van der Waals surface area contributed by atoms with E-state index in [0.29, 0.717) is 24.3 Å². The number of hydrogen-bond acceptors (Lipinski definition) is 5. The Morgan fingerprint density at radius 1 is 1.06 bits per heavy atom. The molecule has 1 aromatic heterocycles. The van der Waals surface area contributed by atoms with E-state index in [1.54, 1.807) is 6.07 Å². The Balaban J connectivity index is 1.29. The summed E-state index contributed by atoms with van der Waals surface area (Å²) in [6.07, 6.45) is 1.89. The highest BCUT2D eigenvalue weighted by molar-refractivity contribution is 5.93. The van der Waals surface area contributed by atoms with E-state index in [2.05, 4.69) is 15.8 Å². The second-order valence-corrected chi connectivity index (χ2v) is 7.44. The summed E-state index contributed by atoms with van der Waals surface area (Å²) in [6.45, 7) is 0. The fourth-order valence-corrected chi connectivity index (χ4v) is 3.60. The van der Waals surface area contributed by atoms with Crippen molar-refractivity contribution in [2.24, 2.45) is 0 Å². The summed E-state index contributed by atoms with van der Waals surface area (Å²) in [6, 6.07) is 16.3. The summed E-state index contributed by atoms with van der Waals surface area (Å²) in [5.41, 5.74) is 1.50. The van der Waals surface area contributed by atoms with Crippen molar-refractivity contribution in [3.05, 3.63) is 72.2 Å². The van der Waals surface area contributed by atoms with E-state index >= 15 is 0 Å². The Bertz CT molecular complexity index is 1040. The Morgan fingerprint density at radius 3 is 2.61 bits per heavy atom. The van der Waals surface area contributed by atoms with Gasteiger partial charge in [-0.3, -0.25) is 10.1 Å². The molecule has 160 valence electrons. The first-order chi connectivity index (χ1) is 15.1. The van der Waals surface area contributed by atoms with Crippen LogP contribution in [-0.2, 0) is 4.74 Å². The third kappa shape index (κ3) is 5.48. The molecule has 0 radical (unpaired) electrons. The zero-order chi connectivity index (χ0) is 21.6. The van der Waals surface area contributed by atoms with E-state index in [1.807, 2.05) is 30.3 Å². The first-order valence-corrected chi connectivity index (χ1v) is 10.1. The Morgan fingerprint density at radius 2 is 1.84 bits per heavy atom. The Kier molecular flexibility index (Phi) is 6.26. The number of nitrogens with one attached hydrogen (secondary N) is 2. The summed E-state index contributed by atoms with van der Waals surface area (Å²) >= 11 is 0. The van der Waals surface area contributed by atoms with Gasteiger partial charge in [0.1, 0.15) is 11.9 Å². The molecule has 1 fully saturated rings. The van der Waals surface area contributed by atoms with Gasteiger partial charge in [-0.05, 0) is 43.5 Å². The molecule has 2 aromatic carbocycles. The third-order valence-electron chi connectivity index (χ3n) is 5.13. The van der Waals surface area contributed by atoms with Crippen LogP contribution in [0.15, 0.2) is 65.2 Å². The van der Waals surface area contributed by atoms with E-state index in [0.717, 1.165) is 18.4 Å². The monoisotopic (exact) mass is 423 g/mol. The lowest BCUT2D eigenvalue weighted by atomic mass is 9.92. The van der Waals surface area contributed by atoms with Gasteiger partial charge in [-0.25, -0.2) is 9.18 Å². The van der Waals surface area contributed by atoms with Crippen molar-refractivity contribution in [2.75, 3.05) is 5.32 Å². The molecule has 0 unspecified atom stereocenters. The Labute approximate surface area is 178 Å². The third-order valence-corrected chi connectivity index (χ3v) is 5.13. The van der Waals surface area contributed by atoms with Gasteiger partial charge in [-0.1, -0.05) is 35.5 Å². The van der Waals surface area contributed by atoms with Crippen LogP contribution < -0.4 is 10.6 Å². The summed E-state index contributed by atoms with van der Waals surface area (Å²) in [7, 11) is 0. The molecule has 3 aromatic rings. The van der Waals surface area contributed by atoms with Gasteiger partial charge in [0, 0.05) is 29.8 Å². The van der Waals surface area contributed by atoms with Crippen LogP contribution in [0, 0.1) is 5.82 Å². The SMILES string of the molecule is O=C(Nc1ccc(F)cc1)O[C@H]1CCC[C@H](NC(=O)c2cc(-c3ccccc3)on2)C1. The lowest BCUT2D eigenvalue weighted by Crippen LogP contribution is -2.41. The number of anilines is 1. The number of rotatable bonds is 5. The van der Waals surface area contributed by atoms with Crippen LogP contribution in [0.3, 0.4) is 0 Å². The van der Waals surface area contributed by atoms with Crippen LogP contribution in [-0.4, -0.2) is 29.3 Å². The first-order valence-electron chi connectivity index (χ1n) is 10.1. The highest BCUT2D eigenvalue weighted by Crippen LogP contribution is 2.23. The van der Waals surface area contributed by atoms with Gasteiger partial charge in [-0.2, -0.15) is 0 Å². The van der Waals surface area contributed by atoms with Crippen LogP contribution >= 0.6 is 0 Å². The molecule has 1 aliphatic rings. The van der Waals surface area contributed by atoms with Crippen molar-refractivity contribution >= 4 is 17.7 Å². The lowest BCUT2D eigenvalue weighted by molar-refractivity contribution is 0.0709. The average molecular weight is 423 g/mol. The summed E-state index contributed by atoms with van der Waals surface area (Å²) < 4.78 is 23.7. The van der Waals surface area contributed by atoms with Crippen molar-refractivity contribution in [2.45, 2.75) is 37.8 Å². The maximum Gasteiger partial charge on any atom is 0.411 e. The fraction of sp³-hybridized carbons (Fsp3) is 0.261. The van der Waals surface area contributed by atoms with Crippen molar-refractivity contribution in [1.29, 1.82) is 0 Å². The molecule has 2 amide bonds. The molecule has 2 atom stereocenters. The van der Waals surface area contributed by atoms with Crippen LogP contribution in [0.5, 0.6) is 0 Å². The summed E-state index contributed by atoms with van der Waals surface area (Å²) in [4.78, 5) is 24.7. The largest absolute Gasteiger partial charge is 0.446 e. The smallest absolute Gasteiger partial charge is 0.411 e. The highest BCUT2D eigenvalue weighted by Gasteiger charge is 2.27. The Hall–Kier alpha value is -3.68. The molecule has 0 bridgehead atoms.